The van der Waals surface area contributed by atoms with Gasteiger partial charge in [0.2, 0.25) is 11.8 Å². The molecule has 0 heterocycles. The van der Waals surface area contributed by atoms with E-state index in [1.54, 1.807) is 6.07 Å². The van der Waals surface area contributed by atoms with Gasteiger partial charge < -0.3 is 10.1 Å². The van der Waals surface area contributed by atoms with Gasteiger partial charge in [-0.25, -0.2) is 13.2 Å². The Morgan fingerprint density at radius 1 is 1.21 bits per heavy atom. The predicted octanol–water partition coefficient (Wildman–Crippen LogP) is 4.39. The summed E-state index contributed by atoms with van der Waals surface area (Å²) in [7, 11) is 0. The van der Waals surface area contributed by atoms with Crippen molar-refractivity contribution in [1.82, 2.24) is 10.6 Å². The Labute approximate surface area is 189 Å². The number of carbonyl (C=O) groups excluding carboxylic acids is 1. The van der Waals surface area contributed by atoms with E-state index < -0.39 is 54.2 Å². The molecule has 1 aliphatic carbocycles. The van der Waals surface area contributed by atoms with Gasteiger partial charge in [0.25, 0.3) is 0 Å². The highest BCUT2D eigenvalue weighted by atomic mass is 19.3. The Hall–Kier alpha value is -2.85. The van der Waals surface area contributed by atoms with Crippen molar-refractivity contribution >= 4 is 5.91 Å². The molecule has 10 heteroatoms. The average Bonchev–Trinajstić information content (AvgIpc) is 3.51. The third-order valence-electron chi connectivity index (χ3n) is 4.88. The van der Waals surface area contributed by atoms with Gasteiger partial charge in [0, 0.05) is 12.8 Å². The van der Waals surface area contributed by atoms with E-state index >= 15 is 0 Å². The highest BCUT2D eigenvalue weighted by Crippen LogP contribution is 2.41. The van der Waals surface area contributed by atoms with Gasteiger partial charge >= 0.3 is 6.11 Å². The Kier molecular flexibility index (Phi) is 8.31. The summed E-state index contributed by atoms with van der Waals surface area (Å²) in [6.45, 7) is 3.96. The van der Waals surface area contributed by atoms with Crippen molar-refractivity contribution in [1.29, 1.82) is 5.26 Å². The summed E-state index contributed by atoms with van der Waals surface area (Å²) >= 11 is 0. The molecule has 1 aromatic rings. The summed E-state index contributed by atoms with van der Waals surface area (Å²) in [6.07, 6.45) is -4.29. The van der Waals surface area contributed by atoms with E-state index in [9.17, 15) is 26.7 Å². The summed E-state index contributed by atoms with van der Waals surface area (Å²) < 4.78 is 76.6. The standard InChI is InChI=1S/C23H26F5N3O2/c1-4-5-19(23(27,28)33-17-10-8-16(24)9-11-17)30-18(20(32)31-21(2,3)14-29)13-22(25,26)12-15-6-7-15/h8-11,15,18-19,30H,6-7,12-13H2,1-3H3,(H,31,32)/t18-,19?/m0/s1. The molecule has 0 radical (unpaired) electrons. The molecule has 180 valence electrons. The van der Waals surface area contributed by atoms with Gasteiger partial charge in [0.1, 0.15) is 17.1 Å². The molecule has 0 saturated heterocycles. The number of nitrogens with one attached hydrogen (secondary N) is 2. The Morgan fingerprint density at radius 2 is 1.82 bits per heavy atom. The van der Waals surface area contributed by atoms with Gasteiger partial charge in [0.05, 0.1) is 12.1 Å². The molecule has 0 aromatic heterocycles. The quantitative estimate of drug-likeness (QED) is 0.371. The lowest BCUT2D eigenvalue weighted by Gasteiger charge is -2.31. The molecule has 2 rings (SSSR count). The molecule has 1 fully saturated rings. The van der Waals surface area contributed by atoms with Gasteiger partial charge in [-0.2, -0.15) is 14.0 Å². The second kappa shape index (κ2) is 10.4. The SMILES string of the molecule is CC#CC(N[C@@H](CC(F)(F)CC1CC1)C(=O)NC(C)(C)C#N)C(F)(F)Oc1ccc(F)cc1. The number of amides is 1. The molecule has 2 atom stereocenters. The number of ether oxygens (including phenoxy) is 1. The van der Waals surface area contributed by atoms with Crippen molar-refractivity contribution < 1.29 is 31.5 Å². The average molecular weight is 471 g/mol. The van der Waals surface area contributed by atoms with Crippen LogP contribution in [-0.2, 0) is 4.79 Å². The molecule has 0 spiro atoms. The van der Waals surface area contributed by atoms with Crippen molar-refractivity contribution in [2.45, 2.75) is 76.1 Å². The van der Waals surface area contributed by atoms with Crippen molar-refractivity contribution in [3.63, 3.8) is 0 Å². The summed E-state index contributed by atoms with van der Waals surface area (Å²) in [4.78, 5) is 12.7. The van der Waals surface area contributed by atoms with Crippen molar-refractivity contribution in [3.05, 3.63) is 30.1 Å². The number of hydrogen-bond acceptors (Lipinski definition) is 4. The molecule has 2 N–H and O–H groups in total. The van der Waals surface area contributed by atoms with Crippen LogP contribution in [0, 0.1) is 34.9 Å². The molecule has 33 heavy (non-hydrogen) atoms. The van der Waals surface area contributed by atoms with Crippen LogP contribution in [0.1, 0.15) is 46.5 Å². The van der Waals surface area contributed by atoms with Crippen molar-refractivity contribution in [2.24, 2.45) is 5.92 Å². The molecule has 0 bridgehead atoms. The van der Waals surface area contributed by atoms with Crippen LogP contribution in [0.4, 0.5) is 22.0 Å². The highest BCUT2D eigenvalue weighted by molar-refractivity contribution is 5.83. The minimum Gasteiger partial charge on any atom is -0.431 e. The number of nitrogens with zero attached hydrogens (tertiary/aromatic N) is 1. The first kappa shape index (κ1) is 26.4. The molecule has 1 saturated carbocycles. The normalized spacial score (nSPS) is 16.1. The van der Waals surface area contributed by atoms with Crippen molar-refractivity contribution in [2.75, 3.05) is 0 Å². The van der Waals surface area contributed by atoms with E-state index in [0.717, 1.165) is 24.3 Å². The Morgan fingerprint density at radius 3 is 2.33 bits per heavy atom. The third kappa shape index (κ3) is 8.54. The zero-order valence-corrected chi connectivity index (χ0v) is 18.5. The van der Waals surface area contributed by atoms with Gasteiger partial charge in [-0.1, -0.05) is 5.92 Å². The first-order chi connectivity index (χ1) is 15.3. The molecule has 1 aromatic carbocycles. The van der Waals surface area contributed by atoms with Gasteiger partial charge in [-0.3, -0.25) is 10.1 Å². The number of hydrogen-bond donors (Lipinski definition) is 2. The fourth-order valence-corrected chi connectivity index (χ4v) is 3.06. The summed E-state index contributed by atoms with van der Waals surface area (Å²) in [6, 6.07) is 1.64. The Balaban J connectivity index is 2.27. The minimum atomic E-state index is -4.06. The molecule has 1 amide bonds. The van der Waals surface area contributed by atoms with Crippen LogP contribution in [0.3, 0.4) is 0 Å². The van der Waals surface area contributed by atoms with Crippen LogP contribution in [0.5, 0.6) is 5.75 Å². The number of carbonyl (C=O) groups is 1. The van der Waals surface area contributed by atoms with Gasteiger partial charge in [-0.05, 0) is 63.8 Å². The van der Waals surface area contributed by atoms with E-state index in [1.165, 1.54) is 20.8 Å². The largest absolute Gasteiger partial charge is 0.431 e. The van der Waals surface area contributed by atoms with Gasteiger partial charge in [0.15, 0.2) is 6.04 Å². The highest BCUT2D eigenvalue weighted by Gasteiger charge is 2.47. The number of rotatable bonds is 11. The van der Waals surface area contributed by atoms with Crippen LogP contribution in [0.25, 0.3) is 0 Å². The molecule has 0 aliphatic heterocycles. The third-order valence-corrected chi connectivity index (χ3v) is 4.88. The molecular weight excluding hydrogens is 445 g/mol. The lowest BCUT2D eigenvalue weighted by atomic mass is 9.99. The second-order valence-corrected chi connectivity index (χ2v) is 8.60. The molecule has 1 aliphatic rings. The maximum Gasteiger partial charge on any atom is 0.425 e. The number of nitriles is 1. The van der Waals surface area contributed by atoms with Crippen LogP contribution in [0.2, 0.25) is 0 Å². The molecule has 5 nitrogen and oxygen atoms in total. The predicted molar refractivity (Wildman–Crippen MR) is 111 cm³/mol. The smallest absolute Gasteiger partial charge is 0.425 e. The van der Waals surface area contributed by atoms with E-state index in [-0.39, 0.29) is 11.7 Å². The number of halogens is 5. The Bertz CT molecular complexity index is 928. The maximum absolute atomic E-state index is 14.9. The van der Waals surface area contributed by atoms with Crippen LogP contribution < -0.4 is 15.4 Å². The lowest BCUT2D eigenvalue weighted by Crippen LogP contribution is -2.59. The van der Waals surface area contributed by atoms with Gasteiger partial charge in [-0.15, -0.1) is 5.92 Å². The van der Waals surface area contributed by atoms with Crippen molar-refractivity contribution in [3.8, 4) is 23.7 Å². The molecule has 1 unspecified atom stereocenters. The fraction of sp³-hybridized carbons (Fsp3) is 0.565. The number of alkyl halides is 4. The maximum atomic E-state index is 14.9. The summed E-state index contributed by atoms with van der Waals surface area (Å²) in [5, 5.41) is 13.6. The summed E-state index contributed by atoms with van der Waals surface area (Å²) in [5.41, 5.74) is -1.41. The zero-order valence-electron chi connectivity index (χ0n) is 18.5. The first-order valence-corrected chi connectivity index (χ1v) is 10.4. The van der Waals surface area contributed by atoms with Crippen LogP contribution in [0.15, 0.2) is 24.3 Å². The second-order valence-electron chi connectivity index (χ2n) is 8.60. The summed E-state index contributed by atoms with van der Waals surface area (Å²) in [5.74, 6) is -1.13. The zero-order chi connectivity index (χ0) is 24.9. The van der Waals surface area contributed by atoms with E-state index in [2.05, 4.69) is 27.2 Å². The van der Waals surface area contributed by atoms with E-state index in [0.29, 0.717) is 12.8 Å². The van der Waals surface area contributed by atoms with E-state index in [4.69, 9.17) is 5.26 Å². The number of benzene rings is 1. The van der Waals surface area contributed by atoms with Crippen LogP contribution in [-0.4, -0.2) is 35.6 Å². The fourth-order valence-electron chi connectivity index (χ4n) is 3.06. The first-order valence-electron chi connectivity index (χ1n) is 10.4. The van der Waals surface area contributed by atoms with Crippen LogP contribution >= 0.6 is 0 Å². The molecular formula is C23H26F5N3O2. The lowest BCUT2D eigenvalue weighted by molar-refractivity contribution is -0.189. The van der Waals surface area contributed by atoms with E-state index in [1.807, 2.05) is 0 Å². The topological polar surface area (TPSA) is 74.2 Å². The monoisotopic (exact) mass is 471 g/mol. The minimum absolute atomic E-state index is 0.172.